The molecule has 0 spiro atoms. The summed E-state index contributed by atoms with van der Waals surface area (Å²) in [5.41, 5.74) is 0.269. The molecule has 0 radical (unpaired) electrons. The molecule has 27 heavy (non-hydrogen) atoms. The van der Waals surface area contributed by atoms with E-state index in [0.717, 1.165) is 19.3 Å². The van der Waals surface area contributed by atoms with Crippen molar-refractivity contribution in [1.29, 1.82) is 0 Å². The Morgan fingerprint density at radius 1 is 1.19 bits per heavy atom. The van der Waals surface area contributed by atoms with Gasteiger partial charge in [-0.25, -0.2) is 4.39 Å². The Morgan fingerprint density at radius 2 is 1.96 bits per heavy atom. The lowest BCUT2D eigenvalue weighted by atomic mass is 10.0. The summed E-state index contributed by atoms with van der Waals surface area (Å²) in [6.45, 7) is 2.53. The summed E-state index contributed by atoms with van der Waals surface area (Å²) in [4.78, 5) is 14.9. The zero-order chi connectivity index (χ0) is 18.8. The second-order valence-corrected chi connectivity index (χ2v) is 6.77. The fourth-order valence-corrected chi connectivity index (χ4v) is 3.54. The van der Waals surface area contributed by atoms with E-state index in [2.05, 4.69) is 10.2 Å². The van der Waals surface area contributed by atoms with Gasteiger partial charge in [0.05, 0.1) is 5.56 Å². The molecular formula is C20H21FN4O2. The van der Waals surface area contributed by atoms with Crippen LogP contribution >= 0.6 is 0 Å². The predicted octanol–water partition coefficient (Wildman–Crippen LogP) is 3.99. The Hall–Kier alpha value is -2.96. The van der Waals surface area contributed by atoms with E-state index in [0.29, 0.717) is 12.4 Å². The van der Waals surface area contributed by atoms with E-state index in [-0.39, 0.29) is 29.4 Å². The molecule has 3 heterocycles. The number of carbonyl (C=O) groups is 1. The van der Waals surface area contributed by atoms with Crippen molar-refractivity contribution in [1.82, 2.24) is 19.7 Å². The van der Waals surface area contributed by atoms with Crippen LogP contribution in [0.15, 0.2) is 53.2 Å². The van der Waals surface area contributed by atoms with E-state index in [1.54, 1.807) is 18.2 Å². The first-order chi connectivity index (χ1) is 13.1. The zero-order valence-electron chi connectivity index (χ0n) is 15.1. The van der Waals surface area contributed by atoms with Crippen molar-refractivity contribution in [2.45, 2.75) is 38.3 Å². The molecule has 2 atom stereocenters. The molecule has 2 aromatic heterocycles. The molecule has 140 valence electrons. The van der Waals surface area contributed by atoms with Crippen LogP contribution in [0.2, 0.25) is 0 Å². The molecule has 1 amide bonds. The molecule has 7 heteroatoms. The minimum absolute atomic E-state index is 0.0153. The van der Waals surface area contributed by atoms with Gasteiger partial charge in [-0.1, -0.05) is 12.1 Å². The third-order valence-corrected chi connectivity index (χ3v) is 5.05. The molecule has 1 aliphatic rings. The van der Waals surface area contributed by atoms with Gasteiger partial charge in [-0.2, -0.15) is 0 Å². The first-order valence-electron chi connectivity index (χ1n) is 9.16. The van der Waals surface area contributed by atoms with Gasteiger partial charge in [-0.15, -0.1) is 10.2 Å². The molecule has 1 saturated heterocycles. The summed E-state index contributed by atoms with van der Waals surface area (Å²) in [5.74, 6) is 0.104. The molecule has 1 aliphatic heterocycles. The lowest BCUT2D eigenvalue weighted by Crippen LogP contribution is -2.41. The number of halogens is 1. The first kappa shape index (κ1) is 17.5. The number of piperidine rings is 1. The lowest BCUT2D eigenvalue weighted by molar-refractivity contribution is -0.138. The topological polar surface area (TPSA) is 64.2 Å². The van der Waals surface area contributed by atoms with Crippen molar-refractivity contribution >= 4 is 5.91 Å². The van der Waals surface area contributed by atoms with Crippen LogP contribution in [0.1, 0.15) is 44.2 Å². The molecule has 1 aromatic carbocycles. The van der Waals surface area contributed by atoms with E-state index in [1.807, 2.05) is 40.9 Å². The van der Waals surface area contributed by atoms with Crippen LogP contribution in [-0.4, -0.2) is 32.1 Å². The van der Waals surface area contributed by atoms with Crippen LogP contribution < -0.4 is 0 Å². The quantitative estimate of drug-likeness (QED) is 0.698. The highest BCUT2D eigenvalue weighted by molar-refractivity contribution is 5.80. The lowest BCUT2D eigenvalue weighted by Gasteiger charge is -2.35. The van der Waals surface area contributed by atoms with Crippen LogP contribution in [0.5, 0.6) is 0 Å². The third-order valence-electron chi connectivity index (χ3n) is 5.05. The summed E-state index contributed by atoms with van der Waals surface area (Å²) in [5, 5.41) is 8.14. The molecule has 4 rings (SSSR count). The number of hydrogen-bond acceptors (Lipinski definition) is 4. The number of nitrogens with zero attached hydrogens (tertiary/aromatic N) is 4. The first-order valence-corrected chi connectivity index (χ1v) is 9.16. The third kappa shape index (κ3) is 3.37. The average molecular weight is 368 g/mol. The summed E-state index contributed by atoms with van der Waals surface area (Å²) >= 11 is 0. The molecule has 0 N–H and O–H groups in total. The Morgan fingerprint density at radius 3 is 2.74 bits per heavy atom. The van der Waals surface area contributed by atoms with Crippen molar-refractivity contribution < 1.29 is 13.6 Å². The van der Waals surface area contributed by atoms with Gasteiger partial charge in [-0.05, 0) is 50.5 Å². The highest BCUT2D eigenvalue weighted by Gasteiger charge is 2.34. The van der Waals surface area contributed by atoms with Gasteiger partial charge < -0.3 is 13.9 Å². The second kappa shape index (κ2) is 7.34. The Balaban J connectivity index is 1.60. The van der Waals surface area contributed by atoms with E-state index < -0.39 is 5.82 Å². The van der Waals surface area contributed by atoms with Gasteiger partial charge in [0.25, 0.3) is 5.89 Å². The van der Waals surface area contributed by atoms with E-state index in [1.165, 1.54) is 6.07 Å². The zero-order valence-corrected chi connectivity index (χ0v) is 15.1. The molecule has 6 nitrogen and oxygen atoms in total. The predicted molar refractivity (Wildman–Crippen MR) is 97.1 cm³/mol. The van der Waals surface area contributed by atoms with Gasteiger partial charge in [0.2, 0.25) is 11.8 Å². The van der Waals surface area contributed by atoms with E-state index in [4.69, 9.17) is 4.42 Å². The number of carbonyl (C=O) groups excluding carboxylic acids is 1. The van der Waals surface area contributed by atoms with Gasteiger partial charge >= 0.3 is 0 Å². The van der Waals surface area contributed by atoms with E-state index >= 15 is 0 Å². The fraction of sp³-hybridized carbons (Fsp3) is 0.350. The Labute approximate surface area is 156 Å². The number of aromatic nitrogens is 3. The van der Waals surface area contributed by atoms with Crippen LogP contribution in [0, 0.1) is 5.82 Å². The Kier molecular flexibility index (Phi) is 4.75. The monoisotopic (exact) mass is 368 g/mol. The van der Waals surface area contributed by atoms with Crippen LogP contribution in [0.4, 0.5) is 4.39 Å². The molecule has 0 saturated carbocycles. The normalized spacial score (nSPS) is 18.4. The van der Waals surface area contributed by atoms with Crippen LogP contribution in [0.3, 0.4) is 0 Å². The fourth-order valence-electron chi connectivity index (χ4n) is 3.54. The van der Waals surface area contributed by atoms with Gasteiger partial charge in [-0.3, -0.25) is 4.79 Å². The molecule has 3 aromatic rings. The highest BCUT2D eigenvalue weighted by atomic mass is 19.1. The van der Waals surface area contributed by atoms with Crippen molar-refractivity contribution in [2.75, 3.05) is 6.54 Å². The number of likely N-dealkylation sites (tertiary alicyclic amines) is 1. The number of hydrogen-bond donors (Lipinski definition) is 0. The SMILES string of the molecule is CC(C(=O)N1CCCCC1c1nnc(-c2ccccc2F)o1)n1cccc1. The standard InChI is InChI=1S/C20H21FN4O2/c1-14(24-11-6-7-12-24)20(26)25-13-5-4-10-17(25)19-23-22-18(27-19)15-8-2-3-9-16(15)21/h2-3,6-9,11-12,14,17H,4-5,10,13H2,1H3. The van der Waals surface area contributed by atoms with Crippen molar-refractivity contribution in [3.63, 3.8) is 0 Å². The summed E-state index contributed by atoms with van der Waals surface area (Å²) in [7, 11) is 0. The van der Waals surface area contributed by atoms with Gasteiger partial charge in [0.15, 0.2) is 0 Å². The summed E-state index contributed by atoms with van der Waals surface area (Å²) < 4.78 is 21.7. The van der Waals surface area contributed by atoms with Crippen molar-refractivity contribution in [3.05, 3.63) is 60.5 Å². The minimum atomic E-state index is -0.412. The van der Waals surface area contributed by atoms with Gasteiger partial charge in [0, 0.05) is 18.9 Å². The highest BCUT2D eigenvalue weighted by Crippen LogP contribution is 2.33. The smallest absolute Gasteiger partial charge is 0.250 e. The minimum Gasteiger partial charge on any atom is -0.418 e. The molecule has 2 unspecified atom stereocenters. The maximum Gasteiger partial charge on any atom is 0.250 e. The van der Waals surface area contributed by atoms with Crippen molar-refractivity contribution in [3.8, 4) is 11.5 Å². The average Bonchev–Trinajstić information content (AvgIpc) is 3.39. The number of benzene rings is 1. The molecule has 0 bridgehead atoms. The van der Waals surface area contributed by atoms with Gasteiger partial charge in [0.1, 0.15) is 17.9 Å². The molecular weight excluding hydrogens is 347 g/mol. The van der Waals surface area contributed by atoms with Crippen LogP contribution in [0.25, 0.3) is 11.5 Å². The maximum absolute atomic E-state index is 14.0. The second-order valence-electron chi connectivity index (χ2n) is 6.77. The summed E-state index contributed by atoms with van der Waals surface area (Å²) in [6.07, 6.45) is 6.43. The van der Waals surface area contributed by atoms with E-state index in [9.17, 15) is 9.18 Å². The van der Waals surface area contributed by atoms with Crippen molar-refractivity contribution in [2.24, 2.45) is 0 Å². The summed E-state index contributed by atoms with van der Waals surface area (Å²) in [6, 6.07) is 9.50. The molecule has 0 aliphatic carbocycles. The molecule has 1 fully saturated rings. The largest absolute Gasteiger partial charge is 0.418 e. The maximum atomic E-state index is 14.0. The van der Waals surface area contributed by atoms with Crippen LogP contribution in [-0.2, 0) is 4.79 Å². The number of rotatable bonds is 4. The number of amides is 1. The Bertz CT molecular complexity index is 922.